The van der Waals surface area contributed by atoms with Crippen LogP contribution in [0, 0.1) is 11.7 Å². The number of imidazole rings is 1. The summed E-state index contributed by atoms with van der Waals surface area (Å²) in [6.07, 6.45) is 4.91. The maximum Gasteiger partial charge on any atom is 0.405 e. The lowest BCUT2D eigenvalue weighted by Gasteiger charge is -2.16. The Balaban J connectivity index is 1.77. The lowest BCUT2D eigenvalue weighted by molar-refractivity contribution is -0.123. The van der Waals surface area contributed by atoms with Gasteiger partial charge in [0.05, 0.1) is 18.3 Å². The van der Waals surface area contributed by atoms with Gasteiger partial charge in [0.2, 0.25) is 11.8 Å². The maximum atomic E-state index is 14.4. The topological polar surface area (TPSA) is 162 Å². The molecule has 0 radical (unpaired) electrons. The third kappa shape index (κ3) is 7.72. The molecule has 0 aromatic carbocycles. The molecule has 12 nitrogen and oxygen atoms in total. The highest BCUT2D eigenvalue weighted by atomic mass is 19.1. The summed E-state index contributed by atoms with van der Waals surface area (Å²) in [5, 5.41) is 13.8. The van der Waals surface area contributed by atoms with Gasteiger partial charge in [0, 0.05) is 25.9 Å². The number of nitrogens with one attached hydrogen (secondary N) is 3. The average molecular weight is 542 g/mol. The van der Waals surface area contributed by atoms with Gasteiger partial charge in [-0.25, -0.2) is 19.2 Å². The quantitative estimate of drug-likeness (QED) is 0.271. The van der Waals surface area contributed by atoms with Crippen molar-refractivity contribution in [2.75, 3.05) is 19.4 Å². The van der Waals surface area contributed by atoms with E-state index in [4.69, 9.17) is 5.11 Å². The first-order valence-electron chi connectivity index (χ1n) is 12.4. The van der Waals surface area contributed by atoms with Crippen molar-refractivity contribution in [3.05, 3.63) is 64.2 Å². The normalized spacial score (nSPS) is 12.2. The molecule has 1 unspecified atom stereocenters. The Morgan fingerprint density at radius 3 is 2.69 bits per heavy atom. The number of H-pyrrole nitrogens is 1. The number of carbonyl (C=O) groups excluding carboxylic acids is 2. The molecule has 0 saturated carbocycles. The van der Waals surface area contributed by atoms with E-state index in [0.29, 0.717) is 29.0 Å². The molecule has 4 N–H and O–H groups in total. The van der Waals surface area contributed by atoms with E-state index in [1.165, 1.54) is 27.8 Å². The zero-order chi connectivity index (χ0) is 28.7. The number of halogens is 1. The van der Waals surface area contributed by atoms with Gasteiger partial charge in [-0.15, -0.1) is 0 Å². The highest BCUT2D eigenvalue weighted by Gasteiger charge is 2.21. The van der Waals surface area contributed by atoms with Crippen LogP contribution in [0.25, 0.3) is 11.2 Å². The fourth-order valence-corrected chi connectivity index (χ4v) is 3.87. The zero-order valence-corrected chi connectivity index (χ0v) is 22.2. The molecule has 39 heavy (non-hydrogen) atoms. The smallest absolute Gasteiger partial charge is 0.405 e. The van der Waals surface area contributed by atoms with E-state index in [2.05, 4.69) is 25.6 Å². The van der Waals surface area contributed by atoms with Crippen LogP contribution in [0.3, 0.4) is 0 Å². The van der Waals surface area contributed by atoms with Gasteiger partial charge in [-0.2, -0.15) is 0 Å². The van der Waals surface area contributed by atoms with Crippen molar-refractivity contribution in [1.82, 2.24) is 29.7 Å². The van der Waals surface area contributed by atoms with Crippen LogP contribution in [-0.4, -0.2) is 67.6 Å². The average Bonchev–Trinajstić information content (AvgIpc) is 3.27. The molecule has 0 aliphatic heterocycles. The number of allylic oxidation sites excluding steroid dienone is 1. The molecule has 0 fully saturated rings. The third-order valence-corrected chi connectivity index (χ3v) is 5.77. The molecule has 13 heteroatoms. The van der Waals surface area contributed by atoms with Crippen molar-refractivity contribution in [1.29, 1.82) is 0 Å². The third-order valence-electron chi connectivity index (χ3n) is 5.77. The Bertz CT molecular complexity index is 1440. The minimum Gasteiger partial charge on any atom is -0.465 e. The Labute approximate surface area is 223 Å². The Hall–Kier alpha value is -4.55. The molecule has 1 atom stereocenters. The number of likely N-dealkylation sites (N-methyl/N-ethyl adjacent to an activating group) is 1. The number of carboxylic acid groups (broad SMARTS) is 1. The van der Waals surface area contributed by atoms with Gasteiger partial charge < -0.3 is 30.2 Å². The SMILES string of the molecule is CC(C)Cc1c(F)cnc2nc(Cn3cccc(NC(=O)C(CC/C=C/C(=O)N(C)C)NC(=O)O)c3=O)[nH]c12. The molecular formula is C26H32FN7O5. The van der Waals surface area contributed by atoms with E-state index in [1.54, 1.807) is 26.2 Å². The van der Waals surface area contributed by atoms with Crippen LogP contribution >= 0.6 is 0 Å². The molecule has 3 aromatic heterocycles. The van der Waals surface area contributed by atoms with Crippen LogP contribution in [0.1, 0.15) is 38.1 Å². The maximum absolute atomic E-state index is 14.4. The van der Waals surface area contributed by atoms with Gasteiger partial charge in [0.15, 0.2) is 5.65 Å². The first kappa shape index (κ1) is 29.0. The fourth-order valence-electron chi connectivity index (χ4n) is 3.87. The fraction of sp³-hybridized carbons (Fsp3) is 0.385. The van der Waals surface area contributed by atoms with Gasteiger partial charge >= 0.3 is 6.09 Å². The highest BCUT2D eigenvalue weighted by molar-refractivity contribution is 5.96. The molecule has 208 valence electrons. The standard InChI is InChI=1S/C26H32FN7O5/c1-15(2)12-16-17(27)13-28-23-22(16)31-20(32-23)14-34-11-7-9-19(25(34)37)29-24(36)18(30-26(38)39)8-5-6-10-21(35)33(3)4/h6-7,9-11,13,15,18,30H,5,8,12,14H2,1-4H3,(H,29,36)(H,38,39)(H,28,31,32)/b10-6+. The first-order valence-corrected chi connectivity index (χ1v) is 12.4. The number of aromatic amines is 1. The summed E-state index contributed by atoms with van der Waals surface area (Å²) in [5.41, 5.74) is 0.681. The van der Waals surface area contributed by atoms with Gasteiger partial charge in [-0.3, -0.25) is 14.4 Å². The van der Waals surface area contributed by atoms with Crippen molar-refractivity contribution in [3.63, 3.8) is 0 Å². The second-order valence-electron chi connectivity index (χ2n) is 9.62. The first-order chi connectivity index (χ1) is 18.5. The van der Waals surface area contributed by atoms with E-state index >= 15 is 0 Å². The number of rotatable bonds is 11. The van der Waals surface area contributed by atoms with Crippen molar-refractivity contribution in [2.24, 2.45) is 5.92 Å². The van der Waals surface area contributed by atoms with E-state index < -0.39 is 29.4 Å². The van der Waals surface area contributed by atoms with Gasteiger partial charge in [0.25, 0.3) is 5.56 Å². The van der Waals surface area contributed by atoms with Gasteiger partial charge in [0.1, 0.15) is 23.4 Å². The molecule has 0 aliphatic rings. The van der Waals surface area contributed by atoms with Crippen molar-refractivity contribution in [3.8, 4) is 0 Å². The number of amides is 3. The molecule has 3 amide bonds. The second kappa shape index (κ2) is 12.8. The Kier molecular flexibility index (Phi) is 9.52. The zero-order valence-electron chi connectivity index (χ0n) is 22.2. The van der Waals surface area contributed by atoms with E-state index in [1.807, 2.05) is 13.8 Å². The van der Waals surface area contributed by atoms with Crippen molar-refractivity contribution >= 4 is 34.8 Å². The van der Waals surface area contributed by atoms with Crippen molar-refractivity contribution in [2.45, 2.75) is 45.7 Å². The van der Waals surface area contributed by atoms with Crippen LogP contribution < -0.4 is 16.2 Å². The lowest BCUT2D eigenvalue weighted by atomic mass is 10.0. The van der Waals surface area contributed by atoms with Gasteiger partial charge in [-0.05, 0) is 43.4 Å². The number of hydrogen-bond acceptors (Lipinski definition) is 6. The number of fused-ring (bicyclic) bond motifs is 1. The van der Waals surface area contributed by atoms with E-state index in [0.717, 1.165) is 6.20 Å². The number of pyridine rings is 2. The summed E-state index contributed by atoms with van der Waals surface area (Å²) in [5.74, 6) is -0.814. The van der Waals surface area contributed by atoms with Gasteiger partial charge in [-0.1, -0.05) is 19.9 Å². The monoisotopic (exact) mass is 541 g/mol. The molecule has 0 spiro atoms. The predicted octanol–water partition coefficient (Wildman–Crippen LogP) is 2.50. The summed E-state index contributed by atoms with van der Waals surface area (Å²) in [6, 6.07) is 1.79. The summed E-state index contributed by atoms with van der Waals surface area (Å²) in [6.45, 7) is 3.95. The van der Waals surface area contributed by atoms with Crippen LogP contribution in [0.5, 0.6) is 0 Å². The number of carbonyl (C=O) groups is 3. The Morgan fingerprint density at radius 2 is 2.03 bits per heavy atom. The summed E-state index contributed by atoms with van der Waals surface area (Å²) in [4.78, 5) is 61.6. The largest absolute Gasteiger partial charge is 0.465 e. The minimum absolute atomic E-state index is 0.00312. The molecule has 3 aromatic rings. The number of anilines is 1. The van der Waals surface area contributed by atoms with Crippen LogP contribution in [0.4, 0.5) is 14.9 Å². The van der Waals surface area contributed by atoms with Crippen LogP contribution in [-0.2, 0) is 22.6 Å². The molecule has 0 aliphatic carbocycles. The Morgan fingerprint density at radius 1 is 1.28 bits per heavy atom. The van der Waals surface area contributed by atoms with Crippen LogP contribution in [0.2, 0.25) is 0 Å². The van der Waals surface area contributed by atoms with Crippen molar-refractivity contribution < 1.29 is 23.9 Å². The minimum atomic E-state index is -1.40. The molecule has 3 heterocycles. The predicted molar refractivity (Wildman–Crippen MR) is 143 cm³/mol. The highest BCUT2D eigenvalue weighted by Crippen LogP contribution is 2.21. The van der Waals surface area contributed by atoms with E-state index in [-0.39, 0.29) is 36.9 Å². The molecule has 3 rings (SSSR count). The summed E-state index contributed by atoms with van der Waals surface area (Å²) in [7, 11) is 3.19. The van der Waals surface area contributed by atoms with Crippen LogP contribution in [0.15, 0.2) is 41.5 Å². The number of aromatic nitrogens is 4. The second-order valence-corrected chi connectivity index (χ2v) is 9.62. The van der Waals surface area contributed by atoms with E-state index in [9.17, 15) is 23.6 Å². The lowest BCUT2D eigenvalue weighted by Crippen LogP contribution is -2.44. The molecule has 0 saturated heterocycles. The number of hydrogen-bond donors (Lipinski definition) is 4. The number of nitrogens with zero attached hydrogens (tertiary/aromatic N) is 4. The summed E-state index contributed by atoms with van der Waals surface area (Å²) >= 11 is 0. The summed E-state index contributed by atoms with van der Waals surface area (Å²) < 4.78 is 15.7. The molecular weight excluding hydrogens is 509 g/mol. The molecule has 0 bridgehead atoms.